The van der Waals surface area contributed by atoms with E-state index in [1.807, 2.05) is 0 Å². The molecule has 1 aromatic heterocycles. The highest BCUT2D eigenvalue weighted by molar-refractivity contribution is 5.70. The van der Waals surface area contributed by atoms with Gasteiger partial charge in [0.1, 0.15) is 0 Å². The lowest BCUT2D eigenvalue weighted by molar-refractivity contribution is -0.137. The van der Waals surface area contributed by atoms with Crippen LogP contribution in [0.3, 0.4) is 0 Å². The molecule has 2 aromatic rings. The van der Waals surface area contributed by atoms with Gasteiger partial charge >= 0.3 is 6.18 Å². The second-order valence-electron chi connectivity index (χ2n) is 3.83. The number of halogens is 4. The van der Waals surface area contributed by atoms with Crippen LogP contribution < -0.4 is 0 Å². The molecule has 2 nitrogen and oxygen atoms in total. The molecule has 0 saturated carbocycles. The number of aromatic nitrogens is 1. The third-order valence-electron chi connectivity index (χ3n) is 2.61. The molecule has 1 aromatic carbocycles. The van der Waals surface area contributed by atoms with Crippen molar-refractivity contribution in [1.82, 2.24) is 4.98 Å². The molecule has 0 fully saturated rings. The molecule has 0 bridgehead atoms. The quantitative estimate of drug-likeness (QED) is 0.670. The van der Waals surface area contributed by atoms with E-state index in [1.54, 1.807) is 0 Å². The average molecular weight is 271 g/mol. The third kappa shape index (κ3) is 2.73. The topological polar surface area (TPSA) is 33.1 Å². The fraction of sp³-hybridized carbons (Fsp3) is 0.154. The highest BCUT2D eigenvalue weighted by atomic mass is 19.4. The first-order chi connectivity index (χ1) is 8.93. The summed E-state index contributed by atoms with van der Waals surface area (Å²) in [5.74, 6) is -0.850. The number of pyridine rings is 1. The van der Waals surface area contributed by atoms with Crippen molar-refractivity contribution in [3.8, 4) is 11.1 Å². The molecule has 0 unspecified atom stereocenters. The van der Waals surface area contributed by atoms with Gasteiger partial charge in [-0.15, -0.1) is 0 Å². The number of aliphatic hydroxyl groups is 1. The summed E-state index contributed by atoms with van der Waals surface area (Å²) >= 11 is 0. The van der Waals surface area contributed by atoms with E-state index in [0.717, 1.165) is 12.1 Å². The zero-order chi connectivity index (χ0) is 14.0. The summed E-state index contributed by atoms with van der Waals surface area (Å²) in [5, 5.41) is 9.09. The van der Waals surface area contributed by atoms with Gasteiger partial charge in [-0.3, -0.25) is 0 Å². The lowest BCUT2D eigenvalue weighted by Gasteiger charge is -2.14. The Morgan fingerprint density at radius 1 is 1.00 bits per heavy atom. The summed E-state index contributed by atoms with van der Waals surface area (Å²) in [7, 11) is 0. The number of hydrogen-bond acceptors (Lipinski definition) is 2. The Morgan fingerprint density at radius 2 is 1.68 bits per heavy atom. The molecule has 0 aliphatic heterocycles. The number of aliphatic hydroxyl groups excluding tert-OH is 1. The highest BCUT2D eigenvalue weighted by Crippen LogP contribution is 2.37. The van der Waals surface area contributed by atoms with E-state index in [9.17, 15) is 17.6 Å². The van der Waals surface area contributed by atoms with Gasteiger partial charge in [-0.05, 0) is 23.8 Å². The minimum absolute atomic E-state index is 0.0665. The normalized spacial score (nSPS) is 11.6. The summed E-state index contributed by atoms with van der Waals surface area (Å²) in [4.78, 5) is 3.41. The molecule has 100 valence electrons. The van der Waals surface area contributed by atoms with Crippen LogP contribution in [0.1, 0.15) is 11.3 Å². The van der Waals surface area contributed by atoms with Gasteiger partial charge in [0.2, 0.25) is 5.95 Å². The van der Waals surface area contributed by atoms with Crippen LogP contribution in [0.2, 0.25) is 0 Å². The van der Waals surface area contributed by atoms with Crippen LogP contribution in [0.4, 0.5) is 17.6 Å². The molecule has 19 heavy (non-hydrogen) atoms. The van der Waals surface area contributed by atoms with Crippen LogP contribution in [0, 0.1) is 5.95 Å². The molecule has 1 N–H and O–H groups in total. The number of hydrogen-bond donors (Lipinski definition) is 1. The van der Waals surface area contributed by atoms with Gasteiger partial charge in [-0.2, -0.15) is 17.6 Å². The Kier molecular flexibility index (Phi) is 3.53. The van der Waals surface area contributed by atoms with Crippen LogP contribution in [0.25, 0.3) is 11.1 Å². The third-order valence-corrected chi connectivity index (χ3v) is 2.61. The van der Waals surface area contributed by atoms with Crippen LogP contribution >= 0.6 is 0 Å². The largest absolute Gasteiger partial charge is 0.417 e. The van der Waals surface area contributed by atoms with E-state index < -0.39 is 24.3 Å². The number of rotatable bonds is 2. The van der Waals surface area contributed by atoms with Gasteiger partial charge in [0.25, 0.3) is 0 Å². The van der Waals surface area contributed by atoms with Gasteiger partial charge in [0, 0.05) is 5.56 Å². The molecule has 0 saturated heterocycles. The van der Waals surface area contributed by atoms with E-state index in [-0.39, 0.29) is 16.8 Å². The first-order valence-corrected chi connectivity index (χ1v) is 5.36. The number of nitrogens with zero attached hydrogens (tertiary/aromatic N) is 1. The zero-order valence-electron chi connectivity index (χ0n) is 9.58. The van der Waals surface area contributed by atoms with Crippen LogP contribution in [0.5, 0.6) is 0 Å². The van der Waals surface area contributed by atoms with Crippen LogP contribution in [0.15, 0.2) is 36.4 Å². The van der Waals surface area contributed by atoms with Crippen LogP contribution in [-0.4, -0.2) is 10.1 Å². The van der Waals surface area contributed by atoms with Crippen molar-refractivity contribution in [3.63, 3.8) is 0 Å². The average Bonchev–Trinajstić information content (AvgIpc) is 2.37. The van der Waals surface area contributed by atoms with Gasteiger partial charge in [-0.1, -0.05) is 18.2 Å². The first-order valence-electron chi connectivity index (χ1n) is 5.36. The highest BCUT2D eigenvalue weighted by Gasteiger charge is 2.33. The Hall–Kier alpha value is -1.95. The summed E-state index contributed by atoms with van der Waals surface area (Å²) < 4.78 is 51.6. The zero-order valence-corrected chi connectivity index (χ0v) is 9.58. The van der Waals surface area contributed by atoms with Crippen molar-refractivity contribution in [2.75, 3.05) is 0 Å². The second kappa shape index (κ2) is 4.97. The van der Waals surface area contributed by atoms with E-state index in [4.69, 9.17) is 5.11 Å². The van der Waals surface area contributed by atoms with Gasteiger partial charge in [0.15, 0.2) is 0 Å². The fourth-order valence-electron chi connectivity index (χ4n) is 1.81. The summed E-state index contributed by atoms with van der Waals surface area (Å²) in [6.07, 6.45) is -4.53. The molecule has 6 heteroatoms. The Morgan fingerprint density at radius 3 is 2.32 bits per heavy atom. The Labute approximate surface area is 106 Å². The minimum Gasteiger partial charge on any atom is -0.390 e. The SMILES string of the molecule is OCc1nc(F)ccc1-c1ccccc1C(F)(F)F. The van der Waals surface area contributed by atoms with Gasteiger partial charge in [-0.25, -0.2) is 4.98 Å². The standard InChI is InChI=1S/C13H9F4NO/c14-12-6-5-9(11(7-19)18-12)8-3-1-2-4-10(8)13(15,16)17/h1-6,19H,7H2. The molecule has 0 radical (unpaired) electrons. The molecule has 0 spiro atoms. The molecule has 2 rings (SSSR count). The predicted molar refractivity (Wildman–Crippen MR) is 60.6 cm³/mol. The lowest BCUT2D eigenvalue weighted by atomic mass is 9.98. The predicted octanol–water partition coefficient (Wildman–Crippen LogP) is 3.40. The maximum Gasteiger partial charge on any atom is 0.417 e. The molecule has 0 aliphatic carbocycles. The van der Waals surface area contributed by atoms with Gasteiger partial charge < -0.3 is 5.11 Å². The van der Waals surface area contributed by atoms with E-state index >= 15 is 0 Å². The van der Waals surface area contributed by atoms with E-state index in [2.05, 4.69) is 4.98 Å². The molecular weight excluding hydrogens is 262 g/mol. The van der Waals surface area contributed by atoms with Gasteiger partial charge in [0.05, 0.1) is 17.9 Å². The van der Waals surface area contributed by atoms with Crippen molar-refractivity contribution in [2.45, 2.75) is 12.8 Å². The van der Waals surface area contributed by atoms with E-state index in [1.165, 1.54) is 24.3 Å². The molecular formula is C13H9F4NO. The number of benzene rings is 1. The molecule has 0 atom stereocenters. The maximum absolute atomic E-state index is 12.9. The minimum atomic E-state index is -4.53. The van der Waals surface area contributed by atoms with Crippen LogP contribution in [-0.2, 0) is 12.8 Å². The maximum atomic E-state index is 12.9. The molecule has 1 heterocycles. The van der Waals surface area contributed by atoms with Crippen molar-refractivity contribution < 1.29 is 22.7 Å². The second-order valence-corrected chi connectivity index (χ2v) is 3.83. The Balaban J connectivity index is 2.66. The van der Waals surface area contributed by atoms with Crippen molar-refractivity contribution >= 4 is 0 Å². The smallest absolute Gasteiger partial charge is 0.390 e. The van der Waals surface area contributed by atoms with E-state index in [0.29, 0.717) is 0 Å². The first kappa shape index (κ1) is 13.5. The monoisotopic (exact) mass is 271 g/mol. The van der Waals surface area contributed by atoms with Crippen molar-refractivity contribution in [3.05, 3.63) is 53.6 Å². The molecule has 0 aliphatic rings. The summed E-state index contributed by atoms with van der Waals surface area (Å²) in [5.41, 5.74) is -1.04. The summed E-state index contributed by atoms with van der Waals surface area (Å²) in [6, 6.07) is 7.04. The number of alkyl halides is 3. The Bertz CT molecular complexity index is 595. The van der Waals surface area contributed by atoms with Crippen molar-refractivity contribution in [2.24, 2.45) is 0 Å². The molecule has 0 amide bonds. The van der Waals surface area contributed by atoms with Crippen molar-refractivity contribution in [1.29, 1.82) is 0 Å². The summed E-state index contributed by atoms with van der Waals surface area (Å²) in [6.45, 7) is -0.640. The fourth-order valence-corrected chi connectivity index (χ4v) is 1.81. The lowest BCUT2D eigenvalue weighted by Crippen LogP contribution is -2.08.